The maximum atomic E-state index is 13.7. The van der Waals surface area contributed by atoms with Gasteiger partial charge < -0.3 is 46.3 Å². The molecule has 2 aliphatic rings. The van der Waals surface area contributed by atoms with Crippen LogP contribution in [0.3, 0.4) is 0 Å². The molecule has 0 fully saturated rings. The molecule has 4 amide bonds. The molecule has 0 unspecified atom stereocenters. The van der Waals surface area contributed by atoms with Gasteiger partial charge in [-0.15, -0.1) is 0 Å². The highest BCUT2D eigenvalue weighted by Crippen LogP contribution is 2.33. The molecule has 6 N–H and O–H groups in total. The first kappa shape index (κ1) is 40.4. The third-order valence-electron chi connectivity index (χ3n) is 9.59. The van der Waals surface area contributed by atoms with Crippen LogP contribution in [0.2, 0.25) is 0 Å². The largest absolute Gasteiger partial charge is 0.491 e. The summed E-state index contributed by atoms with van der Waals surface area (Å²) in [5.74, 6) is 0.582. The Bertz CT molecular complexity index is 2730. The fourth-order valence-corrected chi connectivity index (χ4v) is 6.76. The Hall–Kier alpha value is -8.38. The molecular weight excluding hydrogens is 793 g/mol. The molecule has 3 aromatic carbocycles. The van der Waals surface area contributed by atoms with Crippen LogP contribution in [0.1, 0.15) is 32.0 Å². The summed E-state index contributed by atoms with van der Waals surface area (Å²) in [6, 6.07) is 23.2. The Balaban J connectivity index is 0.869. The SMILES string of the molecule is C=CC(=O)Nc1cccc(Nc2cc3c(c(Nc4ccc(OCCOCN5Cc6nc(Nc7cccc(NC(=O)C=C)c7)nc(-c7cnn(C)c7)c6C5=O)cc4)n2)C(=O)NC3)c1. The van der Waals surface area contributed by atoms with E-state index in [-0.39, 0.29) is 56.1 Å². The molecule has 0 aliphatic carbocycles. The van der Waals surface area contributed by atoms with Crippen LogP contribution < -0.4 is 36.6 Å². The van der Waals surface area contributed by atoms with Gasteiger partial charge in [-0.05, 0) is 84.4 Å². The second-order valence-corrected chi connectivity index (χ2v) is 14.0. The lowest BCUT2D eigenvalue weighted by atomic mass is 10.1. The molecule has 0 saturated heterocycles. The lowest BCUT2D eigenvalue weighted by Gasteiger charge is -2.16. The van der Waals surface area contributed by atoms with Gasteiger partial charge in [-0.25, -0.2) is 15.0 Å². The highest BCUT2D eigenvalue weighted by Gasteiger charge is 2.34. The number of hydrogen-bond acceptors (Lipinski definition) is 13. The number of aromatic nitrogens is 5. The number of amides is 4. The zero-order valence-electron chi connectivity index (χ0n) is 33.4. The van der Waals surface area contributed by atoms with E-state index in [1.54, 1.807) is 77.6 Å². The third kappa shape index (κ3) is 9.24. The molecule has 312 valence electrons. The van der Waals surface area contributed by atoms with Crippen LogP contribution in [0.15, 0.2) is 117 Å². The van der Waals surface area contributed by atoms with Crippen LogP contribution in [0.25, 0.3) is 11.3 Å². The summed E-state index contributed by atoms with van der Waals surface area (Å²) < 4.78 is 13.4. The zero-order chi connectivity index (χ0) is 43.2. The number of nitrogens with one attached hydrogen (secondary N) is 6. The van der Waals surface area contributed by atoms with Crippen LogP contribution >= 0.6 is 0 Å². The molecule has 6 aromatic rings. The van der Waals surface area contributed by atoms with Crippen molar-refractivity contribution >= 4 is 69.6 Å². The first-order chi connectivity index (χ1) is 30.1. The Morgan fingerprint density at radius 3 is 2.18 bits per heavy atom. The molecule has 0 spiro atoms. The molecule has 18 nitrogen and oxygen atoms in total. The van der Waals surface area contributed by atoms with Crippen molar-refractivity contribution in [2.45, 2.75) is 13.1 Å². The Morgan fingerprint density at radius 1 is 0.806 bits per heavy atom. The summed E-state index contributed by atoms with van der Waals surface area (Å²) in [6.45, 7) is 7.94. The van der Waals surface area contributed by atoms with E-state index in [2.05, 4.69) is 55.1 Å². The van der Waals surface area contributed by atoms with Crippen molar-refractivity contribution in [2.24, 2.45) is 7.05 Å². The lowest BCUT2D eigenvalue weighted by molar-refractivity contribution is -0.112. The highest BCUT2D eigenvalue weighted by molar-refractivity contribution is 6.04. The van der Waals surface area contributed by atoms with Crippen molar-refractivity contribution in [1.82, 2.24) is 34.9 Å². The van der Waals surface area contributed by atoms with Gasteiger partial charge in [0.05, 0.1) is 41.9 Å². The van der Waals surface area contributed by atoms with Crippen LogP contribution in [0.4, 0.5) is 46.0 Å². The van der Waals surface area contributed by atoms with E-state index in [1.807, 2.05) is 30.3 Å². The predicted molar refractivity (Wildman–Crippen MR) is 233 cm³/mol. The molecule has 2 aliphatic heterocycles. The Labute approximate surface area is 355 Å². The second kappa shape index (κ2) is 17.9. The van der Waals surface area contributed by atoms with Crippen molar-refractivity contribution in [2.75, 3.05) is 46.5 Å². The van der Waals surface area contributed by atoms with Gasteiger partial charge in [0.2, 0.25) is 17.8 Å². The average Bonchev–Trinajstić information content (AvgIpc) is 3.97. The summed E-state index contributed by atoms with van der Waals surface area (Å²) in [7, 11) is 1.78. The molecule has 0 radical (unpaired) electrons. The molecular formula is C44H40N12O6. The number of carbonyl (C=O) groups excluding carboxylic acids is 4. The van der Waals surface area contributed by atoms with Gasteiger partial charge in [-0.3, -0.25) is 23.9 Å². The molecule has 0 saturated carbocycles. The molecule has 0 bridgehead atoms. The number of carbonyl (C=O) groups is 4. The first-order valence-electron chi connectivity index (χ1n) is 19.3. The number of benzene rings is 3. The fraction of sp³-hybridized carbons (Fsp3) is 0.136. The van der Waals surface area contributed by atoms with Crippen molar-refractivity contribution in [1.29, 1.82) is 0 Å². The number of fused-ring (bicyclic) bond motifs is 2. The lowest BCUT2D eigenvalue weighted by Crippen LogP contribution is -2.28. The van der Waals surface area contributed by atoms with Crippen molar-refractivity contribution < 1.29 is 28.7 Å². The summed E-state index contributed by atoms with van der Waals surface area (Å²) in [5, 5.41) is 22.3. The maximum Gasteiger partial charge on any atom is 0.260 e. The number of ether oxygens (including phenoxy) is 2. The molecule has 18 heteroatoms. The highest BCUT2D eigenvalue weighted by atomic mass is 16.5. The number of aryl methyl sites for hydroxylation is 1. The van der Waals surface area contributed by atoms with Gasteiger partial charge >= 0.3 is 0 Å². The maximum absolute atomic E-state index is 13.7. The zero-order valence-corrected chi connectivity index (χ0v) is 33.4. The monoisotopic (exact) mass is 832 g/mol. The normalized spacial score (nSPS) is 12.5. The van der Waals surface area contributed by atoms with Crippen LogP contribution in [0, 0.1) is 0 Å². The third-order valence-corrected chi connectivity index (χ3v) is 9.59. The second-order valence-electron chi connectivity index (χ2n) is 14.0. The van der Waals surface area contributed by atoms with E-state index in [1.165, 1.54) is 12.2 Å². The molecule has 8 rings (SSSR count). The summed E-state index contributed by atoms with van der Waals surface area (Å²) in [4.78, 5) is 65.7. The smallest absolute Gasteiger partial charge is 0.260 e. The topological polar surface area (TPSA) is 219 Å². The van der Waals surface area contributed by atoms with Crippen LogP contribution in [-0.4, -0.2) is 73.2 Å². The van der Waals surface area contributed by atoms with Crippen molar-refractivity contribution in [3.05, 3.63) is 139 Å². The fourth-order valence-electron chi connectivity index (χ4n) is 6.76. The van der Waals surface area contributed by atoms with Gasteiger partial charge in [0.1, 0.15) is 30.7 Å². The minimum atomic E-state index is -0.338. The summed E-state index contributed by atoms with van der Waals surface area (Å²) in [5.41, 5.74) is 6.36. The van der Waals surface area contributed by atoms with E-state index >= 15 is 0 Å². The Morgan fingerprint density at radius 2 is 1.50 bits per heavy atom. The van der Waals surface area contributed by atoms with Gasteiger partial charge in [-0.1, -0.05) is 25.3 Å². The van der Waals surface area contributed by atoms with E-state index < -0.39 is 0 Å². The van der Waals surface area contributed by atoms with Gasteiger partial charge in [-0.2, -0.15) is 5.10 Å². The van der Waals surface area contributed by atoms with Gasteiger partial charge in [0.25, 0.3) is 11.8 Å². The minimum absolute atomic E-state index is 0.00215. The van der Waals surface area contributed by atoms with E-state index in [0.29, 0.717) is 80.4 Å². The molecule has 3 aromatic heterocycles. The Kier molecular flexibility index (Phi) is 11.6. The standard InChI is InChI=1S/C44H40N12O6/c1-4-36(57)48-30-9-6-8-29(19-30)47-35-18-26-21-45-42(59)38(26)41(53-35)50-28-12-14-33(15-13-28)62-17-16-61-25-56-24-34-39(43(56)60)40(27-22-46-55(3)23-27)54-44(52-34)51-32-11-7-10-31(20-32)49-37(58)5-2/h4-15,18-20,22-23H,1-2,16-17,21,24-25H2,3H3,(H,45,59)(H,48,57)(H,49,58)(H2,47,50,53)(H,51,52,54). The average molecular weight is 833 g/mol. The number of anilines is 8. The van der Waals surface area contributed by atoms with Crippen molar-refractivity contribution in [3.8, 4) is 17.0 Å². The van der Waals surface area contributed by atoms with E-state index in [4.69, 9.17) is 19.4 Å². The number of hydrogen-bond donors (Lipinski definition) is 6. The molecule has 5 heterocycles. The van der Waals surface area contributed by atoms with E-state index in [0.717, 1.165) is 5.56 Å². The van der Waals surface area contributed by atoms with Crippen molar-refractivity contribution in [3.63, 3.8) is 0 Å². The molecule has 0 atom stereocenters. The number of nitrogens with zero attached hydrogens (tertiary/aromatic N) is 6. The van der Waals surface area contributed by atoms with Crippen LogP contribution in [-0.2, 0) is 34.5 Å². The van der Waals surface area contributed by atoms with Gasteiger partial charge in [0, 0.05) is 53.8 Å². The van der Waals surface area contributed by atoms with E-state index in [9.17, 15) is 19.2 Å². The predicted octanol–water partition coefficient (Wildman–Crippen LogP) is 6.00. The number of rotatable bonds is 17. The van der Waals surface area contributed by atoms with Gasteiger partial charge in [0.15, 0.2) is 0 Å². The summed E-state index contributed by atoms with van der Waals surface area (Å²) in [6.07, 6.45) is 5.80. The number of pyridine rings is 1. The van der Waals surface area contributed by atoms with Crippen LogP contribution in [0.5, 0.6) is 5.75 Å². The minimum Gasteiger partial charge on any atom is -0.491 e. The summed E-state index contributed by atoms with van der Waals surface area (Å²) >= 11 is 0. The molecule has 62 heavy (non-hydrogen) atoms. The quantitative estimate of drug-likeness (QED) is 0.0459. The first-order valence-corrected chi connectivity index (χ1v) is 19.3.